The van der Waals surface area contributed by atoms with Crippen LogP contribution in [-0.2, 0) is 4.79 Å². The molecule has 0 aromatic rings. The van der Waals surface area contributed by atoms with Crippen LogP contribution in [0.5, 0.6) is 0 Å². The number of carbonyl (C=O) groups is 1. The molecule has 1 N–H and O–H groups in total. The van der Waals surface area contributed by atoms with E-state index >= 15 is 0 Å². The molecule has 3 heteroatoms. The molecule has 2 nitrogen and oxygen atoms in total. The summed E-state index contributed by atoms with van der Waals surface area (Å²) < 4.78 is 0. The van der Waals surface area contributed by atoms with Crippen molar-refractivity contribution in [3.05, 3.63) is 0 Å². The van der Waals surface area contributed by atoms with Gasteiger partial charge in [-0.3, -0.25) is 4.79 Å². The van der Waals surface area contributed by atoms with Crippen LogP contribution < -0.4 is 5.32 Å². The zero-order valence-electron chi connectivity index (χ0n) is 6.51. The summed E-state index contributed by atoms with van der Waals surface area (Å²) in [6.45, 7) is 0.927. The monoisotopic (exact) mass is 171 g/mol. The molecule has 1 amide bonds. The van der Waals surface area contributed by atoms with Gasteiger partial charge in [-0.1, -0.05) is 0 Å². The lowest BCUT2D eigenvalue weighted by Crippen LogP contribution is -2.18. The molecule has 2 aliphatic rings. The second-order valence-electron chi connectivity index (χ2n) is 3.32. The summed E-state index contributed by atoms with van der Waals surface area (Å²) in [5, 5.41) is 3.67. The molecule has 62 valence electrons. The first kappa shape index (κ1) is 7.47. The van der Waals surface area contributed by atoms with E-state index in [4.69, 9.17) is 0 Å². The van der Waals surface area contributed by atoms with Gasteiger partial charge in [-0.05, 0) is 24.5 Å². The summed E-state index contributed by atoms with van der Waals surface area (Å²) >= 11 is 2.05. The normalized spacial score (nSPS) is 37.6. The highest BCUT2D eigenvalue weighted by Gasteiger charge is 2.31. The summed E-state index contributed by atoms with van der Waals surface area (Å²) in [5.74, 6) is 2.19. The van der Waals surface area contributed by atoms with E-state index in [1.165, 1.54) is 18.6 Å². The Labute approximate surface area is 71.1 Å². The molecule has 2 fully saturated rings. The smallest absolute Gasteiger partial charge is 0.220 e. The standard InChI is InChI=1S/C8H13NOS/c10-8-4-6(5-9-8)7-2-1-3-11-7/h6-7H,1-5H2,(H,9,10). The molecular formula is C8H13NOS. The highest BCUT2D eigenvalue weighted by Crippen LogP contribution is 2.34. The lowest BCUT2D eigenvalue weighted by Gasteiger charge is -2.13. The Morgan fingerprint density at radius 2 is 2.45 bits per heavy atom. The number of hydrogen-bond acceptors (Lipinski definition) is 2. The van der Waals surface area contributed by atoms with E-state index in [1.807, 2.05) is 11.8 Å². The SMILES string of the molecule is O=C1CC(C2CCCS2)CN1. The third-order valence-electron chi connectivity index (χ3n) is 2.50. The lowest BCUT2D eigenvalue weighted by atomic mass is 10.0. The van der Waals surface area contributed by atoms with Gasteiger partial charge in [0.25, 0.3) is 0 Å². The van der Waals surface area contributed by atoms with Crippen molar-refractivity contribution in [3.8, 4) is 0 Å². The molecule has 2 atom stereocenters. The van der Waals surface area contributed by atoms with Crippen LogP contribution in [0.15, 0.2) is 0 Å². The van der Waals surface area contributed by atoms with E-state index in [2.05, 4.69) is 5.32 Å². The predicted molar refractivity (Wildman–Crippen MR) is 46.6 cm³/mol. The van der Waals surface area contributed by atoms with Crippen LogP contribution in [0.4, 0.5) is 0 Å². The van der Waals surface area contributed by atoms with E-state index in [0.29, 0.717) is 5.92 Å². The second-order valence-corrected chi connectivity index (χ2v) is 4.67. The Kier molecular flexibility index (Phi) is 2.07. The molecular weight excluding hydrogens is 158 g/mol. The summed E-state index contributed by atoms with van der Waals surface area (Å²) in [5.41, 5.74) is 0. The Bertz CT molecular complexity index is 165. The highest BCUT2D eigenvalue weighted by atomic mass is 32.2. The lowest BCUT2D eigenvalue weighted by molar-refractivity contribution is -0.119. The minimum absolute atomic E-state index is 0.252. The first-order valence-electron chi connectivity index (χ1n) is 4.24. The zero-order chi connectivity index (χ0) is 7.68. The first-order chi connectivity index (χ1) is 5.36. The maximum absolute atomic E-state index is 10.9. The van der Waals surface area contributed by atoms with Gasteiger partial charge in [0.15, 0.2) is 0 Å². The Morgan fingerprint density at radius 1 is 1.55 bits per heavy atom. The van der Waals surface area contributed by atoms with Gasteiger partial charge >= 0.3 is 0 Å². The second kappa shape index (κ2) is 3.05. The van der Waals surface area contributed by atoms with Gasteiger partial charge in [-0.2, -0.15) is 11.8 Å². The van der Waals surface area contributed by atoms with Crippen molar-refractivity contribution in [1.29, 1.82) is 0 Å². The summed E-state index contributed by atoms with van der Waals surface area (Å²) in [7, 11) is 0. The highest BCUT2D eigenvalue weighted by molar-refractivity contribution is 8.00. The average molecular weight is 171 g/mol. The van der Waals surface area contributed by atoms with Crippen LogP contribution in [0.2, 0.25) is 0 Å². The molecule has 0 aromatic heterocycles. The van der Waals surface area contributed by atoms with E-state index in [0.717, 1.165) is 18.2 Å². The van der Waals surface area contributed by atoms with Crippen LogP contribution in [0.3, 0.4) is 0 Å². The van der Waals surface area contributed by atoms with Gasteiger partial charge in [-0.25, -0.2) is 0 Å². The van der Waals surface area contributed by atoms with Crippen LogP contribution >= 0.6 is 11.8 Å². The van der Waals surface area contributed by atoms with Crippen molar-refractivity contribution in [1.82, 2.24) is 5.32 Å². The molecule has 2 unspecified atom stereocenters. The van der Waals surface area contributed by atoms with Crippen molar-refractivity contribution in [3.63, 3.8) is 0 Å². The maximum atomic E-state index is 10.9. The van der Waals surface area contributed by atoms with Gasteiger partial charge in [0.2, 0.25) is 5.91 Å². The average Bonchev–Trinajstić information content (AvgIpc) is 2.55. The van der Waals surface area contributed by atoms with E-state index < -0.39 is 0 Å². The molecule has 2 aliphatic heterocycles. The van der Waals surface area contributed by atoms with Crippen molar-refractivity contribution in [2.45, 2.75) is 24.5 Å². The van der Waals surface area contributed by atoms with Crippen LogP contribution in [-0.4, -0.2) is 23.5 Å². The fraction of sp³-hybridized carbons (Fsp3) is 0.875. The largest absolute Gasteiger partial charge is 0.356 e. The van der Waals surface area contributed by atoms with Crippen molar-refractivity contribution < 1.29 is 4.79 Å². The third-order valence-corrected chi connectivity index (χ3v) is 4.07. The number of amides is 1. The Morgan fingerprint density at radius 3 is 3.00 bits per heavy atom. The molecule has 0 aromatic carbocycles. The molecule has 2 heterocycles. The van der Waals surface area contributed by atoms with Crippen LogP contribution in [0, 0.1) is 5.92 Å². The molecule has 0 bridgehead atoms. The zero-order valence-corrected chi connectivity index (χ0v) is 7.32. The van der Waals surface area contributed by atoms with Gasteiger partial charge < -0.3 is 5.32 Å². The Balaban J connectivity index is 1.90. The quantitative estimate of drug-likeness (QED) is 0.638. The van der Waals surface area contributed by atoms with Crippen LogP contribution in [0.1, 0.15) is 19.3 Å². The molecule has 2 rings (SSSR count). The molecule has 2 saturated heterocycles. The number of hydrogen-bond donors (Lipinski definition) is 1. The van der Waals surface area contributed by atoms with Gasteiger partial charge in [0, 0.05) is 18.2 Å². The topological polar surface area (TPSA) is 29.1 Å². The summed E-state index contributed by atoms with van der Waals surface area (Å²) in [4.78, 5) is 10.9. The molecule has 0 saturated carbocycles. The number of thioether (sulfide) groups is 1. The van der Waals surface area contributed by atoms with Gasteiger partial charge in [0.1, 0.15) is 0 Å². The number of carbonyl (C=O) groups excluding carboxylic acids is 1. The fourth-order valence-corrected chi connectivity index (χ4v) is 3.30. The van der Waals surface area contributed by atoms with Crippen molar-refractivity contribution >= 4 is 17.7 Å². The first-order valence-corrected chi connectivity index (χ1v) is 5.29. The van der Waals surface area contributed by atoms with Gasteiger partial charge in [0.05, 0.1) is 0 Å². The van der Waals surface area contributed by atoms with E-state index in [1.54, 1.807) is 0 Å². The maximum Gasteiger partial charge on any atom is 0.220 e. The molecule has 0 radical (unpaired) electrons. The molecule has 11 heavy (non-hydrogen) atoms. The minimum atomic E-state index is 0.252. The Hall–Kier alpha value is -0.180. The van der Waals surface area contributed by atoms with E-state index in [-0.39, 0.29) is 5.91 Å². The van der Waals surface area contributed by atoms with Crippen molar-refractivity contribution in [2.75, 3.05) is 12.3 Å². The predicted octanol–water partition coefficient (Wildman–Crippen LogP) is 1.02. The summed E-state index contributed by atoms with van der Waals surface area (Å²) in [6.07, 6.45) is 3.45. The fourth-order valence-electron chi connectivity index (χ4n) is 1.86. The number of rotatable bonds is 1. The van der Waals surface area contributed by atoms with Gasteiger partial charge in [-0.15, -0.1) is 0 Å². The minimum Gasteiger partial charge on any atom is -0.356 e. The van der Waals surface area contributed by atoms with E-state index in [9.17, 15) is 4.79 Å². The molecule has 0 aliphatic carbocycles. The van der Waals surface area contributed by atoms with Crippen molar-refractivity contribution in [2.24, 2.45) is 5.92 Å². The van der Waals surface area contributed by atoms with Crippen LogP contribution in [0.25, 0.3) is 0 Å². The third kappa shape index (κ3) is 1.53. The summed E-state index contributed by atoms with van der Waals surface area (Å²) in [6, 6.07) is 0. The molecule has 0 spiro atoms. The number of nitrogens with one attached hydrogen (secondary N) is 1.